The molecule has 1 aliphatic heterocycles. The summed E-state index contributed by atoms with van der Waals surface area (Å²) >= 11 is 1.41. The van der Waals surface area contributed by atoms with E-state index >= 15 is 0 Å². The fraction of sp³-hybridized carbons (Fsp3) is 0.231. The monoisotopic (exact) mass is 274 g/mol. The standard InChI is InChI=1S/C13H14N4OS/c1-16-7-9-4-2-3-5-11(9)17(13(16)18)8-10-6-15-12(14)19-10/h2-6H,7-8H2,1H3,(H2,14,15). The van der Waals surface area contributed by atoms with Crippen LogP contribution in [0.2, 0.25) is 0 Å². The lowest BCUT2D eigenvalue weighted by Gasteiger charge is -2.34. The lowest BCUT2D eigenvalue weighted by molar-refractivity contribution is 0.210. The fourth-order valence-corrected chi connectivity index (χ4v) is 2.92. The molecule has 2 amide bonds. The van der Waals surface area contributed by atoms with Crippen molar-refractivity contribution in [2.45, 2.75) is 13.1 Å². The lowest BCUT2D eigenvalue weighted by Crippen LogP contribution is -2.44. The second kappa shape index (κ2) is 4.55. The largest absolute Gasteiger partial charge is 0.375 e. The predicted molar refractivity (Wildman–Crippen MR) is 76.0 cm³/mol. The Balaban J connectivity index is 1.96. The van der Waals surface area contributed by atoms with Crippen LogP contribution in [0.4, 0.5) is 15.6 Å². The van der Waals surface area contributed by atoms with Crippen molar-refractivity contribution in [1.82, 2.24) is 9.88 Å². The third-order valence-electron chi connectivity index (χ3n) is 3.13. The van der Waals surface area contributed by atoms with Crippen molar-refractivity contribution in [2.75, 3.05) is 17.7 Å². The van der Waals surface area contributed by atoms with E-state index in [1.54, 1.807) is 16.0 Å². The summed E-state index contributed by atoms with van der Waals surface area (Å²) in [6.45, 7) is 1.16. The minimum Gasteiger partial charge on any atom is -0.375 e. The number of fused-ring (bicyclic) bond motifs is 1. The van der Waals surface area contributed by atoms with Gasteiger partial charge >= 0.3 is 6.03 Å². The molecule has 6 heteroatoms. The van der Waals surface area contributed by atoms with Crippen LogP contribution in [-0.2, 0) is 13.1 Å². The van der Waals surface area contributed by atoms with Gasteiger partial charge < -0.3 is 10.6 Å². The summed E-state index contributed by atoms with van der Waals surface area (Å²) in [5, 5.41) is 0.529. The van der Waals surface area contributed by atoms with Gasteiger partial charge in [-0.1, -0.05) is 18.2 Å². The number of nitrogen functional groups attached to an aromatic ring is 1. The molecule has 1 aliphatic rings. The zero-order valence-corrected chi connectivity index (χ0v) is 11.4. The van der Waals surface area contributed by atoms with Gasteiger partial charge in [-0.25, -0.2) is 9.78 Å². The molecule has 2 aromatic rings. The highest BCUT2D eigenvalue weighted by Crippen LogP contribution is 2.30. The maximum absolute atomic E-state index is 12.3. The number of rotatable bonds is 2. The van der Waals surface area contributed by atoms with Gasteiger partial charge in [-0.2, -0.15) is 0 Å². The summed E-state index contributed by atoms with van der Waals surface area (Å²) in [6, 6.07) is 7.97. The second-order valence-corrected chi connectivity index (χ2v) is 5.67. The van der Waals surface area contributed by atoms with Gasteiger partial charge in [0.25, 0.3) is 0 Å². The number of carbonyl (C=O) groups is 1. The van der Waals surface area contributed by atoms with E-state index in [0.717, 1.165) is 16.1 Å². The van der Waals surface area contributed by atoms with E-state index in [9.17, 15) is 4.79 Å². The molecule has 0 saturated carbocycles. The molecule has 1 aromatic carbocycles. The van der Waals surface area contributed by atoms with Crippen LogP contribution in [-0.4, -0.2) is 23.0 Å². The average molecular weight is 274 g/mol. The Labute approximate surface area is 115 Å². The SMILES string of the molecule is CN1Cc2ccccc2N(Cc2cnc(N)s2)C1=O. The number of para-hydroxylation sites is 1. The molecule has 0 spiro atoms. The van der Waals surface area contributed by atoms with Crippen LogP contribution < -0.4 is 10.6 Å². The van der Waals surface area contributed by atoms with Crippen LogP contribution >= 0.6 is 11.3 Å². The number of aromatic nitrogens is 1. The first-order valence-electron chi connectivity index (χ1n) is 5.96. The topological polar surface area (TPSA) is 62.5 Å². The summed E-state index contributed by atoms with van der Waals surface area (Å²) < 4.78 is 0. The molecule has 5 nitrogen and oxygen atoms in total. The van der Waals surface area contributed by atoms with Crippen molar-refractivity contribution in [1.29, 1.82) is 0 Å². The van der Waals surface area contributed by atoms with Crippen LogP contribution in [0.25, 0.3) is 0 Å². The minimum absolute atomic E-state index is 0.00525. The van der Waals surface area contributed by atoms with E-state index in [2.05, 4.69) is 4.98 Å². The van der Waals surface area contributed by atoms with E-state index in [1.807, 2.05) is 31.3 Å². The molecule has 19 heavy (non-hydrogen) atoms. The highest BCUT2D eigenvalue weighted by Gasteiger charge is 2.28. The molecule has 0 fully saturated rings. The van der Waals surface area contributed by atoms with E-state index in [0.29, 0.717) is 18.2 Å². The number of nitrogens with two attached hydrogens (primary N) is 1. The van der Waals surface area contributed by atoms with Crippen LogP contribution in [0.15, 0.2) is 30.5 Å². The number of thiazole rings is 1. The van der Waals surface area contributed by atoms with Gasteiger partial charge in [-0.05, 0) is 11.6 Å². The smallest absolute Gasteiger partial charge is 0.324 e. The van der Waals surface area contributed by atoms with Crippen LogP contribution in [0.1, 0.15) is 10.4 Å². The molecule has 0 saturated heterocycles. The molecule has 0 radical (unpaired) electrons. The molecular weight excluding hydrogens is 260 g/mol. The lowest BCUT2D eigenvalue weighted by atomic mass is 10.1. The Morgan fingerprint density at radius 2 is 2.21 bits per heavy atom. The maximum atomic E-state index is 12.3. The van der Waals surface area contributed by atoms with Gasteiger partial charge in [0, 0.05) is 24.7 Å². The van der Waals surface area contributed by atoms with Gasteiger partial charge in [0.2, 0.25) is 0 Å². The highest BCUT2D eigenvalue weighted by molar-refractivity contribution is 7.15. The zero-order chi connectivity index (χ0) is 13.4. The maximum Gasteiger partial charge on any atom is 0.324 e. The summed E-state index contributed by atoms with van der Waals surface area (Å²) in [5.41, 5.74) is 7.76. The Bertz CT molecular complexity index is 625. The number of urea groups is 1. The van der Waals surface area contributed by atoms with Crippen molar-refractivity contribution in [3.05, 3.63) is 40.9 Å². The Hall–Kier alpha value is -2.08. The summed E-state index contributed by atoms with van der Waals surface area (Å²) in [5.74, 6) is 0. The van der Waals surface area contributed by atoms with E-state index in [4.69, 9.17) is 5.73 Å². The summed E-state index contributed by atoms with van der Waals surface area (Å²) in [7, 11) is 1.81. The van der Waals surface area contributed by atoms with Crippen molar-refractivity contribution in [3.63, 3.8) is 0 Å². The third kappa shape index (κ3) is 2.15. The second-order valence-electron chi connectivity index (χ2n) is 4.52. The van der Waals surface area contributed by atoms with Crippen LogP contribution in [0, 0.1) is 0 Å². The van der Waals surface area contributed by atoms with Crippen LogP contribution in [0.3, 0.4) is 0 Å². The first-order chi connectivity index (χ1) is 9.15. The van der Waals surface area contributed by atoms with Crippen molar-refractivity contribution in [2.24, 2.45) is 0 Å². The van der Waals surface area contributed by atoms with Crippen molar-refractivity contribution < 1.29 is 4.79 Å². The van der Waals surface area contributed by atoms with Gasteiger partial charge in [0.15, 0.2) is 5.13 Å². The quantitative estimate of drug-likeness (QED) is 0.914. The van der Waals surface area contributed by atoms with Crippen LogP contribution in [0.5, 0.6) is 0 Å². The van der Waals surface area contributed by atoms with E-state index in [1.165, 1.54) is 11.3 Å². The number of carbonyl (C=O) groups excluding carboxylic acids is 1. The number of benzene rings is 1. The molecule has 0 unspecified atom stereocenters. The molecule has 2 heterocycles. The van der Waals surface area contributed by atoms with E-state index in [-0.39, 0.29) is 6.03 Å². The number of hydrogen-bond donors (Lipinski definition) is 1. The fourth-order valence-electron chi connectivity index (χ4n) is 2.24. The Morgan fingerprint density at radius 1 is 1.42 bits per heavy atom. The molecule has 0 bridgehead atoms. The number of amides is 2. The first-order valence-corrected chi connectivity index (χ1v) is 6.77. The normalized spacial score (nSPS) is 14.7. The molecule has 0 aliphatic carbocycles. The Kier molecular flexibility index (Phi) is 2.87. The molecule has 2 N–H and O–H groups in total. The predicted octanol–water partition coefficient (Wildman–Crippen LogP) is 2.30. The summed E-state index contributed by atoms with van der Waals surface area (Å²) in [6.07, 6.45) is 1.73. The third-order valence-corrected chi connectivity index (χ3v) is 3.94. The Morgan fingerprint density at radius 3 is 2.95 bits per heavy atom. The number of nitrogens with zero attached hydrogens (tertiary/aromatic N) is 3. The average Bonchev–Trinajstić information content (AvgIpc) is 2.80. The number of anilines is 2. The van der Waals surface area contributed by atoms with Gasteiger partial charge in [-0.3, -0.25) is 4.90 Å². The number of hydrogen-bond acceptors (Lipinski definition) is 4. The minimum atomic E-state index is 0.00525. The zero-order valence-electron chi connectivity index (χ0n) is 10.5. The summed E-state index contributed by atoms with van der Waals surface area (Å²) in [4.78, 5) is 20.8. The first kappa shape index (κ1) is 12.0. The van der Waals surface area contributed by atoms with Crippen molar-refractivity contribution in [3.8, 4) is 0 Å². The van der Waals surface area contributed by atoms with Gasteiger partial charge in [-0.15, -0.1) is 11.3 Å². The van der Waals surface area contributed by atoms with E-state index < -0.39 is 0 Å². The van der Waals surface area contributed by atoms with Gasteiger partial charge in [0.05, 0.1) is 12.2 Å². The molecule has 98 valence electrons. The molecule has 3 rings (SSSR count). The molecule has 0 atom stereocenters. The molecular formula is C13H14N4OS. The molecule has 1 aromatic heterocycles. The van der Waals surface area contributed by atoms with Gasteiger partial charge in [0.1, 0.15) is 0 Å². The highest BCUT2D eigenvalue weighted by atomic mass is 32.1. The van der Waals surface area contributed by atoms with Crippen molar-refractivity contribution >= 4 is 28.2 Å².